The Bertz CT molecular complexity index is 869. The molecular formula is C18H17N3O4S. The molecule has 1 amide bonds. The zero-order chi connectivity index (χ0) is 18.5. The van der Waals surface area contributed by atoms with Crippen LogP contribution in [0.4, 0.5) is 5.69 Å². The number of aliphatic imine (C=N–C) groups is 1. The molecule has 1 heterocycles. The summed E-state index contributed by atoms with van der Waals surface area (Å²) in [4.78, 5) is 29.3. The number of hydrogen-bond donors (Lipinski definition) is 0. The first-order chi connectivity index (χ1) is 12.6. The number of nitro groups is 1. The van der Waals surface area contributed by atoms with Gasteiger partial charge in [0.1, 0.15) is 5.75 Å². The zero-order valence-corrected chi connectivity index (χ0v) is 14.9. The third-order valence-corrected chi connectivity index (χ3v) is 4.94. The number of hydrogen-bond acceptors (Lipinski definition) is 6. The summed E-state index contributed by atoms with van der Waals surface area (Å²) in [6.45, 7) is 1.07. The van der Waals surface area contributed by atoms with Crippen molar-refractivity contribution in [1.29, 1.82) is 0 Å². The van der Waals surface area contributed by atoms with Gasteiger partial charge < -0.3 is 4.74 Å². The monoisotopic (exact) mass is 371 g/mol. The molecule has 0 atom stereocenters. The Morgan fingerprint density at radius 2 is 2.12 bits per heavy atom. The van der Waals surface area contributed by atoms with Crippen LogP contribution >= 0.6 is 11.8 Å². The predicted molar refractivity (Wildman–Crippen MR) is 101 cm³/mol. The van der Waals surface area contributed by atoms with E-state index in [2.05, 4.69) is 4.99 Å². The number of non-ortho nitro benzene ring substituents is 1. The van der Waals surface area contributed by atoms with Crippen molar-refractivity contribution >= 4 is 28.5 Å². The maximum absolute atomic E-state index is 12.8. The van der Waals surface area contributed by atoms with E-state index in [0.717, 1.165) is 5.56 Å². The molecule has 1 aliphatic rings. The van der Waals surface area contributed by atoms with E-state index in [1.807, 2.05) is 6.07 Å². The van der Waals surface area contributed by atoms with E-state index in [4.69, 9.17) is 4.74 Å². The highest BCUT2D eigenvalue weighted by Gasteiger charge is 2.25. The topological polar surface area (TPSA) is 85.0 Å². The lowest BCUT2D eigenvalue weighted by atomic mass is 10.2. The summed E-state index contributed by atoms with van der Waals surface area (Å²) in [6, 6.07) is 13.5. The van der Waals surface area contributed by atoms with Gasteiger partial charge in [0.25, 0.3) is 11.6 Å². The van der Waals surface area contributed by atoms with Crippen LogP contribution in [0.2, 0.25) is 0 Å². The summed E-state index contributed by atoms with van der Waals surface area (Å²) in [5, 5.41) is 11.5. The van der Waals surface area contributed by atoms with Gasteiger partial charge >= 0.3 is 0 Å². The number of rotatable bonds is 5. The molecule has 7 nitrogen and oxygen atoms in total. The van der Waals surface area contributed by atoms with Crippen molar-refractivity contribution in [3.63, 3.8) is 0 Å². The van der Waals surface area contributed by atoms with Crippen LogP contribution in [0, 0.1) is 10.1 Å². The Morgan fingerprint density at radius 3 is 2.88 bits per heavy atom. The van der Waals surface area contributed by atoms with Crippen molar-refractivity contribution in [2.45, 2.75) is 5.75 Å². The highest BCUT2D eigenvalue weighted by Crippen LogP contribution is 2.24. The van der Waals surface area contributed by atoms with Crippen LogP contribution in [-0.4, -0.2) is 41.1 Å². The second-order valence-electron chi connectivity index (χ2n) is 5.57. The van der Waals surface area contributed by atoms with Gasteiger partial charge in [-0.25, -0.2) is 0 Å². The number of nitro benzene ring substituents is 1. The van der Waals surface area contributed by atoms with Crippen LogP contribution in [0.15, 0.2) is 53.5 Å². The minimum absolute atomic E-state index is 0.0563. The predicted octanol–water partition coefficient (Wildman–Crippen LogP) is 3.35. The summed E-state index contributed by atoms with van der Waals surface area (Å²) in [5.41, 5.74) is 1.41. The molecule has 26 heavy (non-hydrogen) atoms. The van der Waals surface area contributed by atoms with Crippen LogP contribution in [0.1, 0.15) is 15.9 Å². The third kappa shape index (κ3) is 4.02. The maximum Gasteiger partial charge on any atom is 0.269 e. The summed E-state index contributed by atoms with van der Waals surface area (Å²) in [5.74, 6) is 0.993. The largest absolute Gasteiger partial charge is 0.497 e. The Balaban J connectivity index is 1.69. The van der Waals surface area contributed by atoms with Gasteiger partial charge in [0.05, 0.1) is 18.6 Å². The number of amides is 1. The van der Waals surface area contributed by atoms with E-state index in [1.165, 1.54) is 23.9 Å². The summed E-state index contributed by atoms with van der Waals surface area (Å²) >= 11 is 1.40. The third-order valence-electron chi connectivity index (χ3n) is 3.85. The van der Waals surface area contributed by atoms with Crippen molar-refractivity contribution in [1.82, 2.24) is 4.90 Å². The van der Waals surface area contributed by atoms with Crippen molar-refractivity contribution in [2.24, 2.45) is 4.99 Å². The molecule has 0 saturated heterocycles. The Labute approximate surface area is 154 Å². The maximum atomic E-state index is 12.8. The minimum Gasteiger partial charge on any atom is -0.497 e. The molecule has 8 heteroatoms. The van der Waals surface area contributed by atoms with E-state index < -0.39 is 4.92 Å². The van der Waals surface area contributed by atoms with E-state index >= 15 is 0 Å². The first-order valence-electron chi connectivity index (χ1n) is 7.95. The fraction of sp³-hybridized carbons (Fsp3) is 0.222. The Morgan fingerprint density at radius 1 is 1.31 bits per heavy atom. The molecule has 0 N–H and O–H groups in total. The molecular weight excluding hydrogens is 354 g/mol. The van der Waals surface area contributed by atoms with Gasteiger partial charge in [0.2, 0.25) is 0 Å². The van der Waals surface area contributed by atoms with Gasteiger partial charge in [0, 0.05) is 30.0 Å². The van der Waals surface area contributed by atoms with Crippen molar-refractivity contribution in [3.8, 4) is 5.75 Å². The van der Waals surface area contributed by atoms with Gasteiger partial charge in [-0.15, -0.1) is 0 Å². The smallest absolute Gasteiger partial charge is 0.269 e. The molecule has 0 fully saturated rings. The van der Waals surface area contributed by atoms with Gasteiger partial charge in [-0.05, 0) is 23.8 Å². The number of benzene rings is 2. The molecule has 0 saturated carbocycles. The first-order valence-corrected chi connectivity index (χ1v) is 8.93. The van der Waals surface area contributed by atoms with E-state index in [0.29, 0.717) is 35.3 Å². The lowest BCUT2D eigenvalue weighted by Crippen LogP contribution is -2.32. The molecule has 0 aromatic heterocycles. The van der Waals surface area contributed by atoms with Gasteiger partial charge in [0.15, 0.2) is 5.17 Å². The molecule has 2 aromatic carbocycles. The normalized spacial score (nSPS) is 13.4. The lowest BCUT2D eigenvalue weighted by molar-refractivity contribution is -0.384. The van der Waals surface area contributed by atoms with Crippen molar-refractivity contribution < 1.29 is 14.5 Å². The molecule has 0 unspecified atom stereocenters. The van der Waals surface area contributed by atoms with E-state index in [-0.39, 0.29) is 11.6 Å². The summed E-state index contributed by atoms with van der Waals surface area (Å²) in [7, 11) is 1.56. The Hall–Kier alpha value is -2.87. The second-order valence-corrected chi connectivity index (χ2v) is 6.51. The van der Waals surface area contributed by atoms with Crippen LogP contribution < -0.4 is 4.74 Å². The number of ether oxygens (including phenoxy) is 1. The lowest BCUT2D eigenvalue weighted by Gasteiger charge is -2.18. The van der Waals surface area contributed by atoms with Crippen LogP contribution in [0.5, 0.6) is 5.75 Å². The number of methoxy groups -OCH3 is 1. The van der Waals surface area contributed by atoms with Crippen LogP contribution in [0.3, 0.4) is 0 Å². The summed E-state index contributed by atoms with van der Waals surface area (Å²) in [6.07, 6.45) is 0. The minimum atomic E-state index is -0.417. The van der Waals surface area contributed by atoms with Crippen molar-refractivity contribution in [2.75, 3.05) is 20.2 Å². The molecule has 2 aromatic rings. The van der Waals surface area contributed by atoms with Gasteiger partial charge in [-0.3, -0.25) is 24.8 Å². The highest BCUT2D eigenvalue weighted by atomic mass is 32.2. The number of thioether (sulfide) groups is 1. The fourth-order valence-electron chi connectivity index (χ4n) is 2.56. The average Bonchev–Trinajstić information content (AvgIpc) is 3.14. The molecule has 0 bridgehead atoms. The molecule has 1 aliphatic heterocycles. The average molecular weight is 371 g/mol. The molecule has 0 spiro atoms. The van der Waals surface area contributed by atoms with Crippen LogP contribution in [-0.2, 0) is 5.75 Å². The molecule has 0 radical (unpaired) electrons. The number of carbonyl (C=O) groups is 1. The zero-order valence-electron chi connectivity index (χ0n) is 14.1. The number of amidine groups is 1. The highest BCUT2D eigenvalue weighted by molar-refractivity contribution is 8.13. The van der Waals surface area contributed by atoms with Gasteiger partial charge in [-0.1, -0.05) is 30.0 Å². The standard InChI is InChI=1S/C18H17N3O4S/c1-25-16-7-3-5-14(11-16)17(22)20-9-8-19-18(20)26-12-13-4-2-6-15(10-13)21(23)24/h2-7,10-11H,8-9,12H2,1H3. The quantitative estimate of drug-likeness (QED) is 0.594. The number of nitrogens with zero attached hydrogens (tertiary/aromatic N) is 3. The summed E-state index contributed by atoms with van der Waals surface area (Å²) < 4.78 is 5.17. The molecule has 134 valence electrons. The molecule has 0 aliphatic carbocycles. The SMILES string of the molecule is COc1cccc(C(=O)N2CCN=C2SCc2cccc([N+](=O)[O-])c2)c1. The number of carbonyl (C=O) groups excluding carboxylic acids is 1. The van der Waals surface area contributed by atoms with Gasteiger partial charge in [-0.2, -0.15) is 0 Å². The molecule has 3 rings (SSSR count). The van der Waals surface area contributed by atoms with Crippen molar-refractivity contribution in [3.05, 3.63) is 69.8 Å². The fourth-order valence-corrected chi connectivity index (χ4v) is 3.55. The Kier molecular flexibility index (Phi) is 5.52. The van der Waals surface area contributed by atoms with E-state index in [1.54, 1.807) is 42.3 Å². The second kappa shape index (κ2) is 8.01. The first kappa shape index (κ1) is 17.9. The van der Waals surface area contributed by atoms with Crippen LogP contribution in [0.25, 0.3) is 0 Å². The van der Waals surface area contributed by atoms with E-state index in [9.17, 15) is 14.9 Å².